The first-order valence-corrected chi connectivity index (χ1v) is 13.6. The molecule has 1 fully saturated rings. The van der Waals surface area contributed by atoms with Crippen molar-refractivity contribution in [2.75, 3.05) is 41.0 Å². The van der Waals surface area contributed by atoms with Gasteiger partial charge in [0.1, 0.15) is 17.0 Å². The molecule has 8 nitrogen and oxygen atoms in total. The summed E-state index contributed by atoms with van der Waals surface area (Å²) in [6.07, 6.45) is 3.75. The Morgan fingerprint density at radius 3 is 2.55 bits per heavy atom. The van der Waals surface area contributed by atoms with Gasteiger partial charge in [-0.15, -0.1) is 0 Å². The summed E-state index contributed by atoms with van der Waals surface area (Å²) in [5, 5.41) is 12.7. The highest BCUT2D eigenvalue weighted by Gasteiger charge is 2.48. The summed E-state index contributed by atoms with van der Waals surface area (Å²) in [4.78, 5) is 4.56. The minimum absolute atomic E-state index is 0.131. The van der Waals surface area contributed by atoms with Crippen LogP contribution in [0.5, 0.6) is 5.75 Å². The first-order valence-electron chi connectivity index (χ1n) is 13.6. The summed E-state index contributed by atoms with van der Waals surface area (Å²) in [6.45, 7) is 12.1. The molecule has 0 bridgehead atoms. The van der Waals surface area contributed by atoms with Crippen molar-refractivity contribution in [2.24, 2.45) is 10.4 Å². The highest BCUT2D eigenvalue weighted by Crippen LogP contribution is 2.52. The standard InChI is InChI=1S/C28H36F2N4O4.C2H6/c1-17(32-13-19-8-9-20(29)12-22(19)30)21-14-34-15-23(36-4)28(2,16-38-11-10-33-35)24(18-6-7-18)26(34)27(37-5)25(21)31-3;1-2/h8-9,12,14,23,32-33,35H,1,6-7,10-11,13,15-16H2,2-5H3;1-2H3. The van der Waals surface area contributed by atoms with Gasteiger partial charge in [-0.2, -0.15) is 0 Å². The van der Waals surface area contributed by atoms with E-state index >= 15 is 0 Å². The average Bonchev–Trinajstić information content (AvgIpc) is 3.79. The van der Waals surface area contributed by atoms with Gasteiger partial charge in [-0.05, 0) is 24.5 Å². The monoisotopic (exact) mass is 560 g/mol. The molecule has 3 N–H and O–H groups in total. The summed E-state index contributed by atoms with van der Waals surface area (Å²) < 4.78 is 47.6. The van der Waals surface area contributed by atoms with Crippen LogP contribution in [0.15, 0.2) is 41.5 Å². The van der Waals surface area contributed by atoms with E-state index in [4.69, 9.17) is 19.4 Å². The number of aromatic nitrogens is 1. The highest BCUT2D eigenvalue weighted by molar-refractivity contribution is 5.80. The maximum absolute atomic E-state index is 14.2. The molecule has 4 rings (SSSR count). The molecule has 0 amide bonds. The molecule has 1 aromatic carbocycles. The van der Waals surface area contributed by atoms with Crippen LogP contribution in [0.3, 0.4) is 0 Å². The second-order valence-corrected chi connectivity index (χ2v) is 9.80. The Morgan fingerprint density at radius 1 is 1.25 bits per heavy atom. The van der Waals surface area contributed by atoms with Crippen molar-refractivity contribution in [1.29, 1.82) is 0 Å². The molecule has 2 heterocycles. The van der Waals surface area contributed by atoms with Gasteiger partial charge in [-0.25, -0.2) is 14.3 Å². The van der Waals surface area contributed by atoms with E-state index in [0.717, 1.165) is 30.2 Å². The number of halogens is 2. The predicted molar refractivity (Wildman–Crippen MR) is 152 cm³/mol. The van der Waals surface area contributed by atoms with Crippen LogP contribution >= 0.6 is 0 Å². The molecule has 0 saturated heterocycles. The van der Waals surface area contributed by atoms with Gasteiger partial charge in [0.05, 0.1) is 32.1 Å². The SMILES string of the molecule is C=C(NCc1ccc(F)cc1F)c1cn2c(c(OC)c1=NC)C(=C1CC1)C(C)(COCCNO)C(OC)C2.CC. The fourth-order valence-corrected chi connectivity index (χ4v) is 5.24. The van der Waals surface area contributed by atoms with E-state index in [2.05, 4.69) is 33.9 Å². The third-order valence-electron chi connectivity index (χ3n) is 7.30. The second kappa shape index (κ2) is 14.0. The maximum atomic E-state index is 14.2. The van der Waals surface area contributed by atoms with Crippen molar-refractivity contribution >= 4 is 11.3 Å². The van der Waals surface area contributed by atoms with E-state index in [9.17, 15) is 8.78 Å². The predicted octanol–water partition coefficient (Wildman–Crippen LogP) is 4.67. The summed E-state index contributed by atoms with van der Waals surface area (Å²) in [5.74, 6) is -0.625. The van der Waals surface area contributed by atoms with Crippen LogP contribution in [0.25, 0.3) is 11.3 Å². The Labute approximate surface area is 235 Å². The molecular formula is C30H42F2N4O4. The molecule has 2 aliphatic rings. The van der Waals surface area contributed by atoms with E-state index in [0.29, 0.717) is 54.2 Å². The number of hydroxylamine groups is 1. The first kappa shape index (κ1) is 31.5. The third-order valence-corrected chi connectivity index (χ3v) is 7.30. The highest BCUT2D eigenvalue weighted by atomic mass is 19.1. The van der Waals surface area contributed by atoms with Crippen molar-refractivity contribution in [3.8, 4) is 5.75 Å². The van der Waals surface area contributed by atoms with Crippen LogP contribution in [0.4, 0.5) is 8.78 Å². The number of nitrogens with one attached hydrogen (secondary N) is 2. The fraction of sp³-hybridized carbons (Fsp3) is 0.500. The number of hydrogen-bond acceptors (Lipinski definition) is 7. The van der Waals surface area contributed by atoms with Gasteiger partial charge in [0, 0.05) is 68.3 Å². The number of nitrogens with zero attached hydrogens (tertiary/aromatic N) is 2. The van der Waals surface area contributed by atoms with Crippen molar-refractivity contribution in [3.05, 3.63) is 70.4 Å². The summed E-state index contributed by atoms with van der Waals surface area (Å²) >= 11 is 0. The molecule has 0 radical (unpaired) electrons. The minimum atomic E-state index is -0.622. The Balaban J connectivity index is 0.00000216. The molecule has 220 valence electrons. The maximum Gasteiger partial charge on any atom is 0.168 e. The van der Waals surface area contributed by atoms with E-state index in [1.165, 1.54) is 17.7 Å². The van der Waals surface area contributed by atoms with Crippen LogP contribution in [-0.4, -0.2) is 56.9 Å². The van der Waals surface area contributed by atoms with Crippen molar-refractivity contribution in [3.63, 3.8) is 0 Å². The van der Waals surface area contributed by atoms with Gasteiger partial charge in [-0.3, -0.25) is 4.99 Å². The van der Waals surface area contributed by atoms with Crippen molar-refractivity contribution < 1.29 is 28.2 Å². The van der Waals surface area contributed by atoms with Crippen LogP contribution in [0.1, 0.15) is 50.4 Å². The molecule has 2 atom stereocenters. The molecule has 1 aliphatic carbocycles. The number of fused-ring (bicyclic) bond motifs is 1. The summed E-state index contributed by atoms with van der Waals surface area (Å²) in [7, 11) is 5.02. The van der Waals surface area contributed by atoms with E-state index in [-0.39, 0.29) is 12.6 Å². The number of benzene rings is 1. The zero-order valence-corrected chi connectivity index (χ0v) is 24.4. The Bertz CT molecular complexity index is 1300. The van der Waals surface area contributed by atoms with Gasteiger partial charge in [0.25, 0.3) is 0 Å². The zero-order chi connectivity index (χ0) is 29.4. The Kier molecular flexibility index (Phi) is 11.0. The van der Waals surface area contributed by atoms with Crippen LogP contribution < -0.4 is 20.9 Å². The summed E-state index contributed by atoms with van der Waals surface area (Å²) in [6, 6.07) is 3.50. The van der Waals surface area contributed by atoms with Gasteiger partial charge >= 0.3 is 0 Å². The smallest absolute Gasteiger partial charge is 0.168 e. The Morgan fingerprint density at radius 2 is 1.98 bits per heavy atom. The topological polar surface area (TPSA) is 89.3 Å². The summed E-state index contributed by atoms with van der Waals surface area (Å²) in [5.41, 5.74) is 6.63. The molecule has 0 spiro atoms. The number of rotatable bonds is 11. The normalized spacial score (nSPS) is 20.0. The fourth-order valence-electron chi connectivity index (χ4n) is 5.24. The minimum Gasteiger partial charge on any atom is -0.492 e. The average molecular weight is 561 g/mol. The lowest BCUT2D eigenvalue weighted by Gasteiger charge is -2.45. The number of allylic oxidation sites excluding steroid dienone is 1. The zero-order valence-electron chi connectivity index (χ0n) is 24.4. The Hall–Kier alpha value is -3.05. The number of ether oxygens (including phenoxy) is 3. The number of methoxy groups -OCH3 is 2. The van der Waals surface area contributed by atoms with E-state index in [1.807, 2.05) is 20.0 Å². The van der Waals surface area contributed by atoms with Crippen LogP contribution in [0.2, 0.25) is 0 Å². The van der Waals surface area contributed by atoms with Gasteiger partial charge in [-0.1, -0.05) is 39.0 Å². The quantitative estimate of drug-likeness (QED) is 0.274. The van der Waals surface area contributed by atoms with E-state index < -0.39 is 17.0 Å². The van der Waals surface area contributed by atoms with Gasteiger partial charge in [0.15, 0.2) is 5.75 Å². The molecule has 1 saturated carbocycles. The van der Waals surface area contributed by atoms with Crippen LogP contribution in [0, 0.1) is 17.0 Å². The van der Waals surface area contributed by atoms with Crippen molar-refractivity contribution in [1.82, 2.24) is 15.4 Å². The first-order chi connectivity index (χ1) is 19.3. The molecule has 1 aromatic heterocycles. The molecule has 1 aliphatic heterocycles. The molecular weight excluding hydrogens is 518 g/mol. The van der Waals surface area contributed by atoms with Crippen molar-refractivity contribution in [2.45, 2.75) is 52.8 Å². The number of pyridine rings is 1. The molecule has 40 heavy (non-hydrogen) atoms. The molecule has 10 heteroatoms. The van der Waals surface area contributed by atoms with Gasteiger partial charge < -0.3 is 29.3 Å². The third kappa shape index (κ3) is 6.46. The molecule has 2 aromatic rings. The van der Waals surface area contributed by atoms with E-state index in [1.54, 1.807) is 21.3 Å². The number of hydrogen-bond donors (Lipinski definition) is 3. The second-order valence-electron chi connectivity index (χ2n) is 9.80. The van der Waals surface area contributed by atoms with Crippen LogP contribution in [-0.2, 0) is 22.6 Å². The van der Waals surface area contributed by atoms with Gasteiger partial charge in [0.2, 0.25) is 0 Å². The largest absolute Gasteiger partial charge is 0.492 e. The molecule has 2 unspecified atom stereocenters. The lowest BCUT2D eigenvalue weighted by atomic mass is 9.72. The lowest BCUT2D eigenvalue weighted by Crippen LogP contribution is -2.47. The lowest BCUT2D eigenvalue weighted by molar-refractivity contribution is -0.0410.